The number of hydrogen-bond donors (Lipinski definition) is 1. The van der Waals surface area contributed by atoms with Crippen LogP contribution in [0, 0.1) is 5.92 Å². The van der Waals surface area contributed by atoms with Gasteiger partial charge in [0.15, 0.2) is 0 Å². The molecular formula is C34H41N5. The standard InChI is InChI=1S/C34H41N5/c1-5-7-28-23-34(39-16-11-27(12-17-39)10-15-38-18-13-36-14-19-38)37-24-32(28)26(3)30-21-25(2)20-29-8-6-9-33(35-4)31(29)22-30/h5-9,20,22-24,27,36H,3-4,10-19H2,1-2H3/b7-5-. The van der Waals surface area contributed by atoms with Crippen LogP contribution in [0.25, 0.3) is 23.8 Å². The maximum absolute atomic E-state index is 4.94. The molecular weight excluding hydrogens is 478 g/mol. The van der Waals surface area contributed by atoms with Crippen molar-refractivity contribution in [3.05, 3.63) is 81.6 Å². The summed E-state index contributed by atoms with van der Waals surface area (Å²) in [4.78, 5) is 14.3. The van der Waals surface area contributed by atoms with E-state index >= 15 is 0 Å². The molecule has 0 saturated carbocycles. The van der Waals surface area contributed by atoms with Crippen molar-refractivity contribution in [1.29, 1.82) is 0 Å². The number of fused-ring (bicyclic) bond motifs is 1. The third-order valence-corrected chi connectivity index (χ3v) is 8.20. The minimum Gasteiger partial charge on any atom is -0.357 e. The van der Waals surface area contributed by atoms with Crippen LogP contribution in [0.1, 0.15) is 44.2 Å². The van der Waals surface area contributed by atoms with E-state index < -0.39 is 0 Å². The Balaban J connectivity index is 1.33. The van der Waals surface area contributed by atoms with Crippen LogP contribution in [0.2, 0.25) is 0 Å². The molecule has 1 aliphatic carbocycles. The van der Waals surface area contributed by atoms with E-state index in [0.29, 0.717) is 0 Å². The number of piperazine rings is 1. The second kappa shape index (κ2) is 12.6. The number of rotatable bonds is 8. The summed E-state index contributed by atoms with van der Waals surface area (Å²) >= 11 is 0. The fourth-order valence-electron chi connectivity index (χ4n) is 5.91. The van der Waals surface area contributed by atoms with Crippen molar-refractivity contribution in [3.63, 3.8) is 0 Å². The molecule has 2 fully saturated rings. The number of nitrogens with zero attached hydrogens (tertiary/aromatic N) is 4. The molecule has 202 valence electrons. The normalized spacial score (nSPS) is 18.5. The first kappa shape index (κ1) is 27.1. The lowest BCUT2D eigenvalue weighted by Gasteiger charge is -2.35. The van der Waals surface area contributed by atoms with Crippen LogP contribution in [0.5, 0.6) is 0 Å². The molecule has 2 aliphatic heterocycles. The van der Waals surface area contributed by atoms with Gasteiger partial charge in [0, 0.05) is 61.8 Å². The van der Waals surface area contributed by atoms with E-state index in [-0.39, 0.29) is 0 Å². The zero-order valence-corrected chi connectivity index (χ0v) is 23.5. The molecule has 0 spiro atoms. The van der Waals surface area contributed by atoms with Gasteiger partial charge < -0.3 is 15.1 Å². The molecule has 1 N–H and O–H groups in total. The monoisotopic (exact) mass is 519 g/mol. The van der Waals surface area contributed by atoms with Crippen LogP contribution in [-0.4, -0.2) is 62.4 Å². The van der Waals surface area contributed by atoms with Crippen LogP contribution >= 0.6 is 0 Å². The van der Waals surface area contributed by atoms with Crippen LogP contribution in [0.15, 0.2) is 65.0 Å². The van der Waals surface area contributed by atoms with Crippen molar-refractivity contribution in [2.24, 2.45) is 10.9 Å². The molecule has 0 unspecified atom stereocenters. The molecule has 0 radical (unpaired) electrons. The Labute approximate surface area is 233 Å². The SMILES string of the molecule is C=Nc1cccc2c1=CC(C(=C)c1cnc(N3CCC(CCN4CCNCC4)CC3)cc1/C=C\C)=C=C(C)C=2. The van der Waals surface area contributed by atoms with Gasteiger partial charge in [0.05, 0.1) is 5.69 Å². The third kappa shape index (κ3) is 6.39. The highest BCUT2D eigenvalue weighted by Crippen LogP contribution is 2.31. The maximum atomic E-state index is 4.94. The molecule has 39 heavy (non-hydrogen) atoms. The van der Waals surface area contributed by atoms with E-state index in [4.69, 9.17) is 4.98 Å². The fourth-order valence-corrected chi connectivity index (χ4v) is 5.91. The van der Waals surface area contributed by atoms with Crippen molar-refractivity contribution < 1.29 is 0 Å². The van der Waals surface area contributed by atoms with Gasteiger partial charge in [0.1, 0.15) is 5.82 Å². The van der Waals surface area contributed by atoms with Gasteiger partial charge in [0.25, 0.3) is 0 Å². The van der Waals surface area contributed by atoms with Gasteiger partial charge in [-0.15, -0.1) is 5.73 Å². The van der Waals surface area contributed by atoms with E-state index in [9.17, 15) is 0 Å². The lowest BCUT2D eigenvalue weighted by molar-refractivity contribution is 0.215. The van der Waals surface area contributed by atoms with Gasteiger partial charge in [-0.25, -0.2) is 4.98 Å². The van der Waals surface area contributed by atoms with Crippen LogP contribution in [-0.2, 0) is 0 Å². The molecule has 2 saturated heterocycles. The Morgan fingerprint density at radius 1 is 1.18 bits per heavy atom. The lowest BCUT2D eigenvalue weighted by Crippen LogP contribution is -2.44. The summed E-state index contributed by atoms with van der Waals surface area (Å²) in [7, 11) is 0. The lowest BCUT2D eigenvalue weighted by atomic mass is 9.92. The zero-order chi connectivity index (χ0) is 27.2. The molecule has 0 amide bonds. The van der Waals surface area contributed by atoms with E-state index in [1.54, 1.807) is 0 Å². The number of anilines is 1. The van der Waals surface area contributed by atoms with Crippen molar-refractivity contribution in [2.45, 2.75) is 33.1 Å². The number of benzene rings is 1. The van der Waals surface area contributed by atoms with E-state index in [1.165, 1.54) is 38.9 Å². The second-order valence-corrected chi connectivity index (χ2v) is 10.9. The highest BCUT2D eigenvalue weighted by Gasteiger charge is 2.22. The summed E-state index contributed by atoms with van der Waals surface area (Å²) < 4.78 is 0. The molecule has 1 aromatic carbocycles. The smallest absolute Gasteiger partial charge is 0.129 e. The maximum Gasteiger partial charge on any atom is 0.129 e. The number of aromatic nitrogens is 1. The first-order chi connectivity index (χ1) is 19.1. The predicted molar refractivity (Wildman–Crippen MR) is 167 cm³/mol. The Morgan fingerprint density at radius 3 is 2.72 bits per heavy atom. The molecule has 5 nitrogen and oxygen atoms in total. The van der Waals surface area contributed by atoms with Gasteiger partial charge in [-0.2, -0.15) is 0 Å². The zero-order valence-electron chi connectivity index (χ0n) is 23.5. The largest absolute Gasteiger partial charge is 0.357 e. The number of nitrogens with one attached hydrogen (secondary N) is 1. The first-order valence-electron chi connectivity index (χ1n) is 14.3. The van der Waals surface area contributed by atoms with Gasteiger partial charge in [0.2, 0.25) is 0 Å². The molecule has 0 atom stereocenters. The van der Waals surface area contributed by atoms with E-state index in [0.717, 1.165) is 81.9 Å². The number of aliphatic imine (C=N–C) groups is 1. The molecule has 1 aromatic heterocycles. The van der Waals surface area contributed by atoms with Crippen molar-refractivity contribution in [3.8, 4) is 0 Å². The number of allylic oxidation sites excluding steroid dienone is 3. The summed E-state index contributed by atoms with van der Waals surface area (Å²) in [5.41, 5.74) is 9.50. The van der Waals surface area contributed by atoms with Crippen LogP contribution in [0.3, 0.4) is 0 Å². The quantitative estimate of drug-likeness (QED) is 0.405. The average Bonchev–Trinajstić information content (AvgIpc) is 3.14. The fraction of sp³-hybridized carbons (Fsp3) is 0.382. The molecule has 5 rings (SSSR count). The van der Waals surface area contributed by atoms with Gasteiger partial charge >= 0.3 is 0 Å². The summed E-state index contributed by atoms with van der Waals surface area (Å²) in [6.07, 6.45) is 14.3. The van der Waals surface area contributed by atoms with Gasteiger partial charge in [-0.05, 0) is 98.5 Å². The molecule has 5 heteroatoms. The Kier molecular flexibility index (Phi) is 8.73. The number of piperidine rings is 1. The molecule has 2 aromatic rings. The minimum atomic E-state index is 0.813. The van der Waals surface area contributed by atoms with Crippen molar-refractivity contribution in [2.75, 3.05) is 50.7 Å². The average molecular weight is 520 g/mol. The summed E-state index contributed by atoms with van der Waals surface area (Å²) in [5.74, 6) is 1.87. The molecule has 3 heterocycles. The molecule has 3 aliphatic rings. The van der Waals surface area contributed by atoms with E-state index in [1.807, 2.05) is 18.3 Å². The predicted octanol–water partition coefficient (Wildman–Crippen LogP) is 4.72. The Morgan fingerprint density at radius 2 is 1.97 bits per heavy atom. The number of pyridine rings is 1. The topological polar surface area (TPSA) is 43.8 Å². The molecule has 0 bridgehead atoms. The van der Waals surface area contributed by atoms with Crippen molar-refractivity contribution >= 4 is 42.0 Å². The van der Waals surface area contributed by atoms with Gasteiger partial charge in [-0.3, -0.25) is 4.99 Å². The van der Waals surface area contributed by atoms with Gasteiger partial charge in [-0.1, -0.05) is 30.9 Å². The van der Waals surface area contributed by atoms with E-state index in [2.05, 4.69) is 89.4 Å². The van der Waals surface area contributed by atoms with Crippen LogP contribution in [0.4, 0.5) is 11.5 Å². The first-order valence-corrected chi connectivity index (χ1v) is 14.3. The minimum absolute atomic E-state index is 0.813. The van der Waals surface area contributed by atoms with Crippen LogP contribution < -0.4 is 20.7 Å². The second-order valence-electron chi connectivity index (χ2n) is 10.9. The van der Waals surface area contributed by atoms with Crippen molar-refractivity contribution in [1.82, 2.24) is 15.2 Å². The summed E-state index contributed by atoms with van der Waals surface area (Å²) in [6.45, 7) is 20.4. The summed E-state index contributed by atoms with van der Waals surface area (Å²) in [6, 6.07) is 8.34. The third-order valence-electron chi connectivity index (χ3n) is 8.20. The highest BCUT2D eigenvalue weighted by molar-refractivity contribution is 5.90. The summed E-state index contributed by atoms with van der Waals surface area (Å²) in [5, 5.41) is 5.62. The highest BCUT2D eigenvalue weighted by atomic mass is 15.2. The Bertz CT molecular complexity index is 1440. The number of hydrogen-bond acceptors (Lipinski definition) is 5. The Hall–Kier alpha value is -3.50.